The fourth-order valence-corrected chi connectivity index (χ4v) is 4.06. The van der Waals surface area contributed by atoms with E-state index < -0.39 is 23.2 Å². The van der Waals surface area contributed by atoms with E-state index in [2.05, 4.69) is 4.90 Å². The zero-order chi connectivity index (χ0) is 21.0. The Balaban J connectivity index is 1.83. The minimum Gasteiger partial charge on any atom is -0.496 e. The lowest BCUT2D eigenvalue weighted by Crippen LogP contribution is -2.42. The van der Waals surface area contributed by atoms with Gasteiger partial charge in [0.2, 0.25) is 0 Å². The van der Waals surface area contributed by atoms with Crippen LogP contribution in [0.3, 0.4) is 0 Å². The van der Waals surface area contributed by atoms with Crippen LogP contribution in [0.1, 0.15) is 19.4 Å². The van der Waals surface area contributed by atoms with Crippen molar-refractivity contribution in [1.29, 1.82) is 0 Å². The van der Waals surface area contributed by atoms with Crippen LogP contribution in [0.4, 0.5) is 10.5 Å². The molecular formula is C20H24N2O6S. The van der Waals surface area contributed by atoms with E-state index in [0.29, 0.717) is 24.5 Å². The average molecular weight is 420 g/mol. The number of carbonyl (C=O) groups is 3. The van der Waals surface area contributed by atoms with Crippen LogP contribution in [-0.4, -0.2) is 68.1 Å². The molecule has 3 rings (SSSR count). The fraction of sp³-hybridized carbons (Fsp3) is 0.450. The van der Waals surface area contributed by atoms with Gasteiger partial charge in [-0.2, -0.15) is 0 Å². The summed E-state index contributed by atoms with van der Waals surface area (Å²) in [4.78, 5) is 40.4. The normalized spacial score (nSPS) is 19.6. The van der Waals surface area contributed by atoms with Crippen molar-refractivity contribution in [2.75, 3.05) is 44.9 Å². The van der Waals surface area contributed by atoms with Crippen molar-refractivity contribution >= 4 is 40.6 Å². The van der Waals surface area contributed by atoms with E-state index in [-0.39, 0.29) is 11.5 Å². The number of carbonyl (C=O) groups excluding carboxylic acids is 3. The number of benzene rings is 1. The second-order valence-electron chi connectivity index (χ2n) is 6.51. The molecule has 0 unspecified atom stereocenters. The summed E-state index contributed by atoms with van der Waals surface area (Å²) in [7, 11) is 1.56. The van der Waals surface area contributed by atoms with E-state index in [1.165, 1.54) is 6.92 Å². The van der Waals surface area contributed by atoms with Crippen LogP contribution in [0.5, 0.6) is 5.75 Å². The Morgan fingerprint density at radius 3 is 2.69 bits per heavy atom. The molecule has 2 heterocycles. The molecule has 156 valence electrons. The summed E-state index contributed by atoms with van der Waals surface area (Å²) in [6, 6.07) is 4.74. The van der Waals surface area contributed by atoms with Gasteiger partial charge in [-0.05, 0) is 43.8 Å². The highest BCUT2D eigenvalue weighted by atomic mass is 32.2. The molecule has 0 radical (unpaired) electrons. The van der Waals surface area contributed by atoms with Crippen LogP contribution in [-0.2, 0) is 19.1 Å². The average Bonchev–Trinajstić information content (AvgIpc) is 3.01. The van der Waals surface area contributed by atoms with Crippen molar-refractivity contribution in [2.45, 2.75) is 19.9 Å². The van der Waals surface area contributed by atoms with E-state index in [4.69, 9.17) is 14.2 Å². The number of ether oxygens (including phenoxy) is 3. The van der Waals surface area contributed by atoms with Gasteiger partial charge in [-0.25, -0.2) is 4.79 Å². The summed E-state index contributed by atoms with van der Waals surface area (Å²) in [6.07, 6.45) is 1.62. The maximum atomic E-state index is 12.7. The van der Waals surface area contributed by atoms with Crippen molar-refractivity contribution in [1.82, 2.24) is 4.90 Å². The number of hydrogen-bond donors (Lipinski definition) is 0. The predicted molar refractivity (Wildman–Crippen MR) is 110 cm³/mol. The van der Waals surface area contributed by atoms with Crippen LogP contribution in [0.15, 0.2) is 23.1 Å². The van der Waals surface area contributed by atoms with Gasteiger partial charge < -0.3 is 19.1 Å². The molecule has 1 aromatic carbocycles. The molecule has 2 aliphatic heterocycles. The van der Waals surface area contributed by atoms with E-state index in [0.717, 1.165) is 35.4 Å². The van der Waals surface area contributed by atoms with E-state index in [1.807, 2.05) is 18.2 Å². The molecule has 9 heteroatoms. The molecule has 1 aromatic rings. The third kappa shape index (κ3) is 4.56. The third-order valence-electron chi connectivity index (χ3n) is 4.72. The smallest absolute Gasteiger partial charge is 0.329 e. The lowest BCUT2D eigenvalue weighted by atomic mass is 10.1. The number of imide groups is 1. The lowest BCUT2D eigenvalue weighted by Gasteiger charge is -2.29. The minimum absolute atomic E-state index is 0.182. The van der Waals surface area contributed by atoms with Gasteiger partial charge in [0.05, 0.1) is 31.8 Å². The minimum atomic E-state index is -0.973. The molecule has 29 heavy (non-hydrogen) atoms. The Hall–Kier alpha value is -2.52. The maximum Gasteiger partial charge on any atom is 0.329 e. The van der Waals surface area contributed by atoms with Gasteiger partial charge in [0, 0.05) is 30.4 Å². The first kappa shape index (κ1) is 21.2. The van der Waals surface area contributed by atoms with Crippen LogP contribution in [0.2, 0.25) is 0 Å². The lowest BCUT2D eigenvalue weighted by molar-refractivity contribution is -0.150. The van der Waals surface area contributed by atoms with E-state index in [9.17, 15) is 14.4 Å². The van der Waals surface area contributed by atoms with Gasteiger partial charge in [-0.15, -0.1) is 0 Å². The number of rotatable bonds is 6. The highest BCUT2D eigenvalue weighted by Crippen LogP contribution is 2.36. The summed E-state index contributed by atoms with van der Waals surface area (Å²) in [6.45, 7) is 6.29. The van der Waals surface area contributed by atoms with Crippen molar-refractivity contribution in [3.05, 3.63) is 28.7 Å². The summed E-state index contributed by atoms with van der Waals surface area (Å²) in [5, 5.41) is -0.495. The van der Waals surface area contributed by atoms with Crippen LogP contribution in [0.25, 0.3) is 6.08 Å². The highest BCUT2D eigenvalue weighted by Gasteiger charge is 2.41. The van der Waals surface area contributed by atoms with Gasteiger partial charge in [-0.3, -0.25) is 14.5 Å². The van der Waals surface area contributed by atoms with Crippen molar-refractivity contribution in [3.8, 4) is 5.75 Å². The molecule has 0 aliphatic carbocycles. The van der Waals surface area contributed by atoms with Crippen molar-refractivity contribution in [3.63, 3.8) is 0 Å². The van der Waals surface area contributed by atoms with E-state index >= 15 is 0 Å². The Morgan fingerprint density at radius 1 is 1.31 bits per heavy atom. The van der Waals surface area contributed by atoms with Gasteiger partial charge in [0.15, 0.2) is 0 Å². The second-order valence-corrected chi connectivity index (χ2v) is 7.50. The Kier molecular flexibility index (Phi) is 6.81. The van der Waals surface area contributed by atoms with E-state index in [1.54, 1.807) is 20.1 Å². The number of esters is 1. The number of thioether (sulfide) groups is 1. The zero-order valence-electron chi connectivity index (χ0n) is 16.7. The molecule has 0 N–H and O–H groups in total. The summed E-state index contributed by atoms with van der Waals surface area (Å²) >= 11 is 0.800. The number of morpholine rings is 1. The van der Waals surface area contributed by atoms with Crippen molar-refractivity contribution < 1.29 is 28.6 Å². The molecule has 2 aliphatic rings. The van der Waals surface area contributed by atoms with Crippen molar-refractivity contribution in [2.24, 2.45) is 0 Å². The van der Waals surface area contributed by atoms with Crippen LogP contribution < -0.4 is 9.64 Å². The number of anilines is 1. The molecule has 0 saturated carbocycles. The molecule has 2 amide bonds. The maximum absolute atomic E-state index is 12.7. The molecule has 2 saturated heterocycles. The molecule has 0 bridgehead atoms. The largest absolute Gasteiger partial charge is 0.496 e. The zero-order valence-corrected chi connectivity index (χ0v) is 17.5. The molecule has 0 aromatic heterocycles. The SMILES string of the molecule is CCOC(=O)[C@@H](C)N1C(=O)S/C(=C/c2ccc(N3CCOCC3)cc2OC)C1=O. The van der Waals surface area contributed by atoms with Gasteiger partial charge >= 0.3 is 5.97 Å². The molecule has 8 nitrogen and oxygen atoms in total. The topological polar surface area (TPSA) is 85.4 Å². The summed E-state index contributed by atoms with van der Waals surface area (Å²) in [5.41, 5.74) is 1.69. The van der Waals surface area contributed by atoms with Crippen LogP contribution >= 0.6 is 11.8 Å². The van der Waals surface area contributed by atoms with Gasteiger partial charge in [-0.1, -0.05) is 0 Å². The molecule has 0 spiro atoms. The van der Waals surface area contributed by atoms with Gasteiger partial charge in [0.25, 0.3) is 11.1 Å². The summed E-state index contributed by atoms with van der Waals surface area (Å²) in [5.74, 6) is -0.525. The number of amides is 2. The molecular weight excluding hydrogens is 396 g/mol. The Labute approximate surface area is 173 Å². The number of methoxy groups -OCH3 is 1. The molecule has 2 fully saturated rings. The quantitative estimate of drug-likeness (QED) is 0.513. The Morgan fingerprint density at radius 2 is 2.03 bits per heavy atom. The standard InChI is InChI=1S/C20H24N2O6S/c1-4-28-19(24)13(2)22-18(23)17(29-20(22)25)11-14-5-6-15(12-16(14)26-3)21-7-9-27-10-8-21/h5-6,11-13H,4,7-10H2,1-3H3/b17-11+/t13-/m1/s1. The number of nitrogens with zero attached hydrogens (tertiary/aromatic N) is 2. The summed E-state index contributed by atoms with van der Waals surface area (Å²) < 4.78 is 15.8. The predicted octanol–water partition coefficient (Wildman–Crippen LogP) is 2.52. The van der Waals surface area contributed by atoms with Gasteiger partial charge in [0.1, 0.15) is 11.8 Å². The second kappa shape index (κ2) is 9.32. The molecule has 1 atom stereocenters. The number of hydrogen-bond acceptors (Lipinski definition) is 8. The first-order valence-electron chi connectivity index (χ1n) is 9.40. The first-order valence-corrected chi connectivity index (χ1v) is 10.2. The highest BCUT2D eigenvalue weighted by molar-refractivity contribution is 8.18. The third-order valence-corrected chi connectivity index (χ3v) is 5.60. The first-order chi connectivity index (χ1) is 14.0. The monoisotopic (exact) mass is 420 g/mol. The van der Waals surface area contributed by atoms with Crippen LogP contribution in [0, 0.1) is 0 Å². The fourth-order valence-electron chi connectivity index (χ4n) is 3.16. The Bertz CT molecular complexity index is 834.